The minimum atomic E-state index is -0.315. The van der Waals surface area contributed by atoms with Crippen molar-refractivity contribution >= 4 is 21.5 Å². The second kappa shape index (κ2) is 5.29. The Morgan fingerprint density at radius 1 is 1.04 bits per heavy atom. The third kappa shape index (κ3) is 1.89. The van der Waals surface area contributed by atoms with Crippen LogP contribution >= 0.6 is 0 Å². The number of aromatic hydroxyl groups is 1. The zero-order chi connectivity index (χ0) is 17.8. The van der Waals surface area contributed by atoms with Crippen molar-refractivity contribution in [2.75, 3.05) is 13.9 Å². The molecular formula is C20H14FNO4. The standard InChI is InChI=1S/C20H14FNO4/c1-24-18-12-6-7-14-19(26-9-25-14)16(12)15(10-2-4-11(21)5-3-10)13-8-22-20(23)17(13)18/h2-8,22-23H,9H2,1H3. The lowest BCUT2D eigenvalue weighted by molar-refractivity contribution is 0.175. The van der Waals surface area contributed by atoms with Gasteiger partial charge in [0.05, 0.1) is 12.5 Å². The topological polar surface area (TPSA) is 63.7 Å². The molecule has 0 aliphatic carbocycles. The molecule has 0 radical (unpaired) electrons. The van der Waals surface area contributed by atoms with Gasteiger partial charge >= 0.3 is 0 Å². The van der Waals surface area contributed by atoms with Crippen molar-refractivity contribution in [1.29, 1.82) is 0 Å². The van der Waals surface area contributed by atoms with E-state index in [0.717, 1.165) is 27.3 Å². The summed E-state index contributed by atoms with van der Waals surface area (Å²) >= 11 is 0. The maximum absolute atomic E-state index is 13.5. The van der Waals surface area contributed by atoms with Crippen LogP contribution in [0.4, 0.5) is 4.39 Å². The molecule has 6 heteroatoms. The summed E-state index contributed by atoms with van der Waals surface area (Å²) in [4.78, 5) is 2.84. The Hall–Kier alpha value is -3.41. The fraction of sp³-hybridized carbons (Fsp3) is 0.100. The van der Waals surface area contributed by atoms with Gasteiger partial charge in [0.25, 0.3) is 0 Å². The first-order valence-corrected chi connectivity index (χ1v) is 8.07. The number of nitrogens with one attached hydrogen (secondary N) is 1. The van der Waals surface area contributed by atoms with E-state index in [1.165, 1.54) is 12.1 Å². The highest BCUT2D eigenvalue weighted by atomic mass is 19.1. The molecule has 1 aromatic heterocycles. The van der Waals surface area contributed by atoms with Crippen LogP contribution in [0.2, 0.25) is 0 Å². The molecule has 1 aliphatic rings. The first-order valence-electron chi connectivity index (χ1n) is 8.07. The first-order chi connectivity index (χ1) is 12.7. The van der Waals surface area contributed by atoms with Gasteiger partial charge in [-0.2, -0.15) is 0 Å². The highest BCUT2D eigenvalue weighted by Gasteiger charge is 2.26. The van der Waals surface area contributed by atoms with E-state index in [2.05, 4.69) is 4.98 Å². The van der Waals surface area contributed by atoms with E-state index in [0.29, 0.717) is 22.6 Å². The van der Waals surface area contributed by atoms with Gasteiger partial charge in [0, 0.05) is 27.9 Å². The third-order valence-corrected chi connectivity index (χ3v) is 4.73. The third-order valence-electron chi connectivity index (χ3n) is 4.73. The molecule has 0 fully saturated rings. The molecule has 0 saturated carbocycles. The van der Waals surface area contributed by atoms with Gasteiger partial charge < -0.3 is 24.3 Å². The largest absolute Gasteiger partial charge is 0.495 e. The normalized spacial score (nSPS) is 12.8. The van der Waals surface area contributed by atoms with E-state index in [4.69, 9.17) is 14.2 Å². The summed E-state index contributed by atoms with van der Waals surface area (Å²) in [7, 11) is 1.56. The second-order valence-electron chi connectivity index (χ2n) is 6.06. The predicted molar refractivity (Wildman–Crippen MR) is 95.5 cm³/mol. The Bertz CT molecular complexity index is 1160. The number of benzene rings is 3. The van der Waals surface area contributed by atoms with E-state index in [9.17, 15) is 9.50 Å². The molecule has 2 N–H and O–H groups in total. The lowest BCUT2D eigenvalue weighted by Gasteiger charge is -2.15. The summed E-state index contributed by atoms with van der Waals surface area (Å²) in [6, 6.07) is 9.91. The number of H-pyrrole nitrogens is 1. The molecule has 3 aromatic carbocycles. The molecule has 0 amide bonds. The molecule has 1 aliphatic heterocycles. The molecule has 0 atom stereocenters. The van der Waals surface area contributed by atoms with Crippen molar-refractivity contribution < 1.29 is 23.7 Å². The van der Waals surface area contributed by atoms with E-state index in [1.54, 1.807) is 25.4 Å². The van der Waals surface area contributed by atoms with Crippen LogP contribution in [0.3, 0.4) is 0 Å². The van der Waals surface area contributed by atoms with E-state index >= 15 is 0 Å². The van der Waals surface area contributed by atoms with E-state index in [-0.39, 0.29) is 18.5 Å². The highest BCUT2D eigenvalue weighted by Crippen LogP contribution is 2.52. The predicted octanol–water partition coefficient (Wildman–Crippen LogP) is 4.57. The van der Waals surface area contributed by atoms with Crippen molar-refractivity contribution in [2.24, 2.45) is 0 Å². The minimum absolute atomic E-state index is 0.0137. The summed E-state index contributed by atoms with van der Waals surface area (Å²) in [6.45, 7) is 0.135. The number of hydrogen-bond donors (Lipinski definition) is 2. The van der Waals surface area contributed by atoms with Crippen LogP contribution in [0.15, 0.2) is 42.6 Å². The van der Waals surface area contributed by atoms with Crippen molar-refractivity contribution in [1.82, 2.24) is 4.98 Å². The zero-order valence-corrected chi connectivity index (χ0v) is 13.8. The van der Waals surface area contributed by atoms with Gasteiger partial charge in [-0.25, -0.2) is 4.39 Å². The monoisotopic (exact) mass is 351 g/mol. The number of hydrogen-bond acceptors (Lipinski definition) is 4. The average molecular weight is 351 g/mol. The van der Waals surface area contributed by atoms with Gasteiger partial charge in [-0.15, -0.1) is 0 Å². The molecule has 0 spiro atoms. The molecule has 5 nitrogen and oxygen atoms in total. The highest BCUT2D eigenvalue weighted by molar-refractivity contribution is 6.20. The quantitative estimate of drug-likeness (QED) is 0.555. The fourth-order valence-corrected chi connectivity index (χ4v) is 3.65. The van der Waals surface area contributed by atoms with Crippen LogP contribution in [-0.4, -0.2) is 24.0 Å². The van der Waals surface area contributed by atoms with Crippen molar-refractivity contribution in [2.45, 2.75) is 0 Å². The van der Waals surface area contributed by atoms with Crippen LogP contribution in [0.25, 0.3) is 32.7 Å². The van der Waals surface area contributed by atoms with Crippen molar-refractivity contribution in [3.63, 3.8) is 0 Å². The minimum Gasteiger partial charge on any atom is -0.495 e. The number of ether oxygens (including phenoxy) is 3. The average Bonchev–Trinajstić information content (AvgIpc) is 3.28. The summed E-state index contributed by atoms with van der Waals surface area (Å²) in [5.41, 5.74) is 1.61. The van der Waals surface area contributed by atoms with Gasteiger partial charge in [-0.05, 0) is 29.8 Å². The second-order valence-corrected chi connectivity index (χ2v) is 6.06. The van der Waals surface area contributed by atoms with E-state index < -0.39 is 0 Å². The van der Waals surface area contributed by atoms with Crippen molar-refractivity contribution in [3.8, 4) is 34.3 Å². The zero-order valence-electron chi connectivity index (χ0n) is 13.8. The Morgan fingerprint density at radius 2 is 1.85 bits per heavy atom. The number of rotatable bonds is 2. The summed E-state index contributed by atoms with van der Waals surface area (Å²) < 4.78 is 30.3. The van der Waals surface area contributed by atoms with E-state index in [1.807, 2.05) is 12.1 Å². The van der Waals surface area contributed by atoms with Gasteiger partial charge in [0.1, 0.15) is 11.6 Å². The molecule has 130 valence electrons. The van der Waals surface area contributed by atoms with Crippen LogP contribution in [-0.2, 0) is 0 Å². The number of aromatic amines is 1. The number of methoxy groups -OCH3 is 1. The molecule has 26 heavy (non-hydrogen) atoms. The SMILES string of the molecule is COc1c2ccc3c(c2c(-c2ccc(F)cc2)c2c[nH]c(O)c12)OCO3. The number of halogens is 1. The molecule has 0 unspecified atom stereocenters. The van der Waals surface area contributed by atoms with Gasteiger partial charge in [0.2, 0.25) is 6.79 Å². The number of fused-ring (bicyclic) bond motifs is 4. The molecular weight excluding hydrogens is 337 g/mol. The molecule has 0 saturated heterocycles. The number of aromatic nitrogens is 1. The van der Waals surface area contributed by atoms with Gasteiger partial charge in [0.15, 0.2) is 17.4 Å². The fourth-order valence-electron chi connectivity index (χ4n) is 3.65. The lowest BCUT2D eigenvalue weighted by Crippen LogP contribution is -1.94. The van der Waals surface area contributed by atoms with Crippen LogP contribution < -0.4 is 14.2 Å². The molecule has 2 heterocycles. The summed E-state index contributed by atoms with van der Waals surface area (Å²) in [5, 5.41) is 13.2. The van der Waals surface area contributed by atoms with Crippen LogP contribution in [0.5, 0.6) is 23.1 Å². The van der Waals surface area contributed by atoms with Gasteiger partial charge in [-0.1, -0.05) is 12.1 Å². The van der Waals surface area contributed by atoms with Crippen molar-refractivity contribution in [3.05, 3.63) is 48.4 Å². The van der Waals surface area contributed by atoms with Crippen LogP contribution in [0.1, 0.15) is 0 Å². The summed E-state index contributed by atoms with van der Waals surface area (Å²) in [6.07, 6.45) is 1.71. The molecule has 4 aromatic rings. The van der Waals surface area contributed by atoms with Crippen LogP contribution in [0, 0.1) is 5.82 Å². The Kier molecular flexibility index (Phi) is 3.03. The Labute approximate surface area is 147 Å². The smallest absolute Gasteiger partial charge is 0.231 e. The molecule has 5 rings (SSSR count). The maximum Gasteiger partial charge on any atom is 0.231 e. The molecule has 0 bridgehead atoms. The maximum atomic E-state index is 13.5. The lowest BCUT2D eigenvalue weighted by atomic mass is 9.92. The van der Waals surface area contributed by atoms with Gasteiger partial charge in [-0.3, -0.25) is 0 Å². The first kappa shape index (κ1) is 14.9. The Morgan fingerprint density at radius 3 is 2.62 bits per heavy atom. The summed E-state index contributed by atoms with van der Waals surface area (Å²) in [5.74, 6) is 1.49. The Balaban J connectivity index is 2.03.